The number of halogens is 2. The Kier molecular flexibility index (Phi) is 11.7. The van der Waals surface area contributed by atoms with Crippen molar-refractivity contribution >= 4 is 53.7 Å². The minimum absolute atomic E-state index is 0. The molecule has 1 unspecified atom stereocenters. The summed E-state index contributed by atoms with van der Waals surface area (Å²) in [5, 5.41) is 1.16. The molecule has 0 aliphatic rings. The fourth-order valence-corrected chi connectivity index (χ4v) is 4.53. The number of rotatable bonds is 8. The number of nitrogens with two attached hydrogens (primary N) is 1. The monoisotopic (exact) mass is 508 g/mol. The van der Waals surface area contributed by atoms with Crippen LogP contribution in [0.2, 0.25) is 0 Å². The van der Waals surface area contributed by atoms with Crippen molar-refractivity contribution < 1.29 is 8.98 Å². The van der Waals surface area contributed by atoms with Crippen molar-refractivity contribution in [3.05, 3.63) is 64.8 Å². The molecule has 0 amide bonds. The first-order valence-electron chi connectivity index (χ1n) is 10.9. The van der Waals surface area contributed by atoms with E-state index in [1.54, 1.807) is 0 Å². The molecule has 0 saturated carbocycles. The summed E-state index contributed by atoms with van der Waals surface area (Å²) in [5.41, 5.74) is 14.1. The van der Waals surface area contributed by atoms with Crippen LogP contribution in [-0.2, 0) is 21.9 Å². The Balaban J connectivity index is 0.00000272. The third-order valence-corrected chi connectivity index (χ3v) is 6.53. The van der Waals surface area contributed by atoms with Crippen LogP contribution < -0.4 is 5.73 Å². The van der Waals surface area contributed by atoms with Gasteiger partial charge in [-0.3, -0.25) is 9.78 Å². The number of aromatic nitrogens is 1. The molecule has 2 aromatic carbocycles. The molecule has 0 saturated heterocycles. The molecular formula is C26H34Cl2N2O2S. The number of hydrogen-bond acceptors (Lipinski definition) is 5. The van der Waals surface area contributed by atoms with E-state index in [1.165, 1.54) is 24.5 Å². The smallest absolute Gasteiger partial charge is 0.314 e. The van der Waals surface area contributed by atoms with Crippen LogP contribution in [0, 0.1) is 12.8 Å². The van der Waals surface area contributed by atoms with Gasteiger partial charge in [0.05, 0.1) is 22.8 Å². The Morgan fingerprint density at radius 3 is 2.33 bits per heavy atom. The van der Waals surface area contributed by atoms with E-state index in [0.717, 1.165) is 51.7 Å². The summed E-state index contributed by atoms with van der Waals surface area (Å²) in [6.45, 7) is 10.5. The van der Waals surface area contributed by atoms with Crippen LogP contribution in [0.4, 0.5) is 0 Å². The van der Waals surface area contributed by atoms with Crippen LogP contribution in [0.3, 0.4) is 0 Å². The first-order valence-corrected chi connectivity index (χ1v) is 11.7. The molecule has 3 aromatic rings. The number of hydrogen-bond donors (Lipinski definition) is 1. The quantitative estimate of drug-likeness (QED) is 0.321. The highest BCUT2D eigenvalue weighted by molar-refractivity contribution is 7.95. The third-order valence-electron chi connectivity index (χ3n) is 5.37. The van der Waals surface area contributed by atoms with Gasteiger partial charge in [-0.05, 0) is 60.1 Å². The van der Waals surface area contributed by atoms with Crippen molar-refractivity contribution in [2.45, 2.75) is 59.3 Å². The van der Waals surface area contributed by atoms with Crippen LogP contribution in [0.25, 0.3) is 22.0 Å². The van der Waals surface area contributed by atoms with Gasteiger partial charge in [-0.1, -0.05) is 56.7 Å². The van der Waals surface area contributed by atoms with Crippen molar-refractivity contribution in [1.82, 2.24) is 4.98 Å². The van der Waals surface area contributed by atoms with Gasteiger partial charge in [0, 0.05) is 24.5 Å². The lowest BCUT2D eigenvalue weighted by atomic mass is 9.90. The molecule has 4 nitrogen and oxygen atoms in total. The normalized spacial score (nSPS) is 11.6. The van der Waals surface area contributed by atoms with Crippen molar-refractivity contribution in [3.8, 4) is 11.1 Å². The minimum atomic E-state index is -0.282. The van der Waals surface area contributed by atoms with Crippen LogP contribution in [0.5, 0.6) is 0 Å². The molecule has 3 rings (SSSR count). The fourth-order valence-electron chi connectivity index (χ4n) is 3.88. The number of pyridine rings is 1. The maximum absolute atomic E-state index is 11.3. The Labute approximate surface area is 214 Å². The number of nitrogens with zero attached hydrogens (tertiary/aromatic N) is 1. The van der Waals surface area contributed by atoms with Crippen LogP contribution >= 0.6 is 36.9 Å². The van der Waals surface area contributed by atoms with Crippen molar-refractivity contribution in [3.63, 3.8) is 0 Å². The summed E-state index contributed by atoms with van der Waals surface area (Å²) in [4.78, 5) is 16.3. The van der Waals surface area contributed by atoms with Gasteiger partial charge in [-0.2, -0.15) is 0 Å². The first-order chi connectivity index (χ1) is 14.8. The Bertz CT molecular complexity index is 1070. The van der Waals surface area contributed by atoms with E-state index in [9.17, 15) is 4.79 Å². The van der Waals surface area contributed by atoms with Gasteiger partial charge in [0.25, 0.3) is 0 Å². The summed E-state index contributed by atoms with van der Waals surface area (Å²) in [6, 6.07) is 15.0. The number of aryl methyl sites for hydroxylation is 1. The first kappa shape index (κ1) is 29.2. The van der Waals surface area contributed by atoms with Crippen molar-refractivity contribution in [1.29, 1.82) is 0 Å². The highest BCUT2D eigenvalue weighted by atomic mass is 35.5. The molecule has 0 bridgehead atoms. The lowest BCUT2D eigenvalue weighted by Gasteiger charge is -2.20. The summed E-state index contributed by atoms with van der Waals surface area (Å²) >= 11 is 1.22. The van der Waals surface area contributed by atoms with E-state index in [4.69, 9.17) is 14.9 Å². The van der Waals surface area contributed by atoms with Gasteiger partial charge >= 0.3 is 5.97 Å². The number of carbonyl (C=O) groups is 1. The maximum atomic E-state index is 11.3. The van der Waals surface area contributed by atoms with Gasteiger partial charge in [0.1, 0.15) is 0 Å². The average Bonchev–Trinajstić information content (AvgIpc) is 2.73. The molecule has 1 heterocycles. The molecular weight excluding hydrogens is 475 g/mol. The van der Waals surface area contributed by atoms with Gasteiger partial charge in [0.15, 0.2) is 0 Å². The number of benzene rings is 2. The minimum Gasteiger partial charge on any atom is -0.391 e. The lowest BCUT2D eigenvalue weighted by Crippen LogP contribution is -2.10. The molecule has 0 spiro atoms. The summed E-state index contributed by atoms with van der Waals surface area (Å²) in [6.07, 6.45) is 1.74. The van der Waals surface area contributed by atoms with Gasteiger partial charge < -0.3 is 9.92 Å². The Hall–Kier alpha value is -1.79. The standard InChI is InChI=1S/C26H32N2O2S.2ClH/c1-6-25(31-30-18(5)29)20-11-12-23-21(14-20)26(19-9-7-17(4)8-10-19)22(15-27)24(28-23)13-16(2)3;;/h7-12,14,16,25H,6,13,15,27H2,1-5H3;2*1H. The predicted molar refractivity (Wildman–Crippen MR) is 145 cm³/mol. The SMILES string of the molecule is CCC(SOC(C)=O)c1ccc2nc(CC(C)C)c(CN)c(-c3ccc(C)cc3)c2c1.Cl.Cl. The zero-order valence-electron chi connectivity index (χ0n) is 19.9. The zero-order chi connectivity index (χ0) is 22.5. The van der Waals surface area contributed by atoms with E-state index in [0.29, 0.717) is 12.5 Å². The molecule has 180 valence electrons. The molecule has 7 heteroatoms. The van der Waals surface area contributed by atoms with Crippen LogP contribution in [0.15, 0.2) is 42.5 Å². The second kappa shape index (κ2) is 13.2. The summed E-state index contributed by atoms with van der Waals surface area (Å²) in [5.74, 6) is 0.208. The second-order valence-corrected chi connectivity index (χ2v) is 9.35. The topological polar surface area (TPSA) is 65.2 Å². The molecule has 1 aromatic heterocycles. The molecule has 0 fully saturated rings. The maximum Gasteiger partial charge on any atom is 0.314 e. The molecule has 0 aliphatic heterocycles. The average molecular weight is 510 g/mol. The lowest BCUT2D eigenvalue weighted by molar-refractivity contribution is -0.130. The van der Waals surface area contributed by atoms with Gasteiger partial charge in [-0.25, -0.2) is 0 Å². The highest BCUT2D eigenvalue weighted by Crippen LogP contribution is 2.38. The van der Waals surface area contributed by atoms with E-state index >= 15 is 0 Å². The van der Waals surface area contributed by atoms with E-state index in [2.05, 4.69) is 70.2 Å². The van der Waals surface area contributed by atoms with Crippen LogP contribution in [-0.4, -0.2) is 11.0 Å². The third kappa shape index (κ3) is 7.10. The van der Waals surface area contributed by atoms with Crippen molar-refractivity contribution in [2.75, 3.05) is 0 Å². The van der Waals surface area contributed by atoms with Crippen molar-refractivity contribution in [2.24, 2.45) is 11.7 Å². The Morgan fingerprint density at radius 1 is 1.12 bits per heavy atom. The molecule has 0 aliphatic carbocycles. The summed E-state index contributed by atoms with van der Waals surface area (Å²) in [7, 11) is 0. The predicted octanol–water partition coefficient (Wildman–Crippen LogP) is 7.37. The molecule has 0 radical (unpaired) electrons. The zero-order valence-corrected chi connectivity index (χ0v) is 22.3. The number of fused-ring (bicyclic) bond motifs is 1. The largest absolute Gasteiger partial charge is 0.391 e. The van der Waals surface area contributed by atoms with Crippen LogP contribution in [0.1, 0.15) is 61.7 Å². The Morgan fingerprint density at radius 2 is 1.79 bits per heavy atom. The second-order valence-electron chi connectivity index (χ2n) is 8.42. The fraction of sp³-hybridized carbons (Fsp3) is 0.385. The molecule has 1 atom stereocenters. The number of carbonyl (C=O) groups excluding carboxylic acids is 1. The van der Waals surface area contributed by atoms with E-state index in [-0.39, 0.29) is 36.0 Å². The molecule has 2 N–H and O–H groups in total. The van der Waals surface area contributed by atoms with E-state index < -0.39 is 0 Å². The molecule has 33 heavy (non-hydrogen) atoms. The summed E-state index contributed by atoms with van der Waals surface area (Å²) < 4.78 is 5.24. The van der Waals surface area contributed by atoms with Gasteiger partial charge in [-0.15, -0.1) is 24.8 Å². The van der Waals surface area contributed by atoms with Gasteiger partial charge in [0.2, 0.25) is 0 Å². The van der Waals surface area contributed by atoms with E-state index in [1.807, 2.05) is 0 Å². The highest BCUT2D eigenvalue weighted by Gasteiger charge is 2.19.